The third-order valence-corrected chi connectivity index (χ3v) is 7.01. The molecule has 0 radical (unpaired) electrons. The third-order valence-electron chi connectivity index (χ3n) is 3.36. The Morgan fingerprint density at radius 2 is 2.00 bits per heavy atom. The van der Waals surface area contributed by atoms with Gasteiger partial charge in [0.1, 0.15) is 4.08 Å². The highest BCUT2D eigenvalue weighted by Crippen LogP contribution is 2.52. The maximum atomic E-state index is 3.62. The number of H-pyrrole nitrogens is 1. The molecule has 17 heavy (non-hydrogen) atoms. The molecule has 1 aliphatic heterocycles. The predicted octanol–water partition coefficient (Wildman–Crippen LogP) is 4.60. The van der Waals surface area contributed by atoms with Gasteiger partial charge in [0.25, 0.3) is 0 Å². The fourth-order valence-corrected chi connectivity index (χ4v) is 5.60. The molecule has 0 unspecified atom stereocenters. The van der Waals surface area contributed by atoms with Crippen molar-refractivity contribution in [3.8, 4) is 0 Å². The lowest BCUT2D eigenvalue weighted by atomic mass is 10.2. The van der Waals surface area contributed by atoms with Gasteiger partial charge in [-0.3, -0.25) is 0 Å². The summed E-state index contributed by atoms with van der Waals surface area (Å²) in [5.41, 5.74) is 2.66. The van der Waals surface area contributed by atoms with Crippen molar-refractivity contribution in [1.82, 2.24) is 4.98 Å². The lowest BCUT2D eigenvalue weighted by Gasteiger charge is -2.34. The molecule has 0 saturated carbocycles. The molecule has 0 spiro atoms. The Balaban J connectivity index is 2.05. The molecule has 1 N–H and O–H groups in total. The van der Waals surface area contributed by atoms with Gasteiger partial charge in [-0.2, -0.15) is 0 Å². The van der Waals surface area contributed by atoms with Gasteiger partial charge >= 0.3 is 0 Å². The van der Waals surface area contributed by atoms with Crippen molar-refractivity contribution >= 4 is 34.4 Å². The van der Waals surface area contributed by atoms with Gasteiger partial charge in [0.15, 0.2) is 0 Å². The number of hydrogen-bond donors (Lipinski definition) is 1. The van der Waals surface area contributed by atoms with Crippen LogP contribution in [0, 0.1) is 0 Å². The van der Waals surface area contributed by atoms with Gasteiger partial charge in [0, 0.05) is 11.2 Å². The number of rotatable bonds is 2. The zero-order valence-electron chi connectivity index (χ0n) is 10.0. The minimum Gasteiger partial charge on any atom is -0.357 e. The van der Waals surface area contributed by atoms with Crippen molar-refractivity contribution in [3.63, 3.8) is 0 Å². The first-order valence-electron chi connectivity index (χ1n) is 6.20. The summed E-state index contributed by atoms with van der Waals surface area (Å²) in [6.07, 6.45) is 2.53. The normalized spacial score (nSPS) is 19.6. The summed E-state index contributed by atoms with van der Waals surface area (Å²) >= 11 is 4.22. The fourth-order valence-electron chi connectivity index (χ4n) is 2.40. The Bertz CT molecular complexity index is 479. The number of para-hydroxylation sites is 1. The highest BCUT2D eigenvalue weighted by atomic mass is 32.2. The van der Waals surface area contributed by atoms with Crippen LogP contribution in [0.2, 0.25) is 0 Å². The van der Waals surface area contributed by atoms with E-state index in [4.69, 9.17) is 0 Å². The summed E-state index contributed by atoms with van der Waals surface area (Å²) in [4.78, 5) is 3.62. The van der Waals surface area contributed by atoms with Crippen LogP contribution < -0.4 is 0 Å². The number of aromatic amines is 1. The SMILES string of the molecule is CCC1(c2cc3ccccc3[nH]2)SCCCS1. The van der Waals surface area contributed by atoms with Crippen LogP contribution in [-0.2, 0) is 4.08 Å². The number of fused-ring (bicyclic) bond motifs is 1. The van der Waals surface area contributed by atoms with Crippen molar-refractivity contribution in [3.05, 3.63) is 36.0 Å². The number of benzene rings is 1. The van der Waals surface area contributed by atoms with E-state index >= 15 is 0 Å². The molecule has 1 aromatic carbocycles. The smallest absolute Gasteiger partial charge is 0.101 e. The minimum atomic E-state index is 0.261. The van der Waals surface area contributed by atoms with E-state index in [1.54, 1.807) is 0 Å². The van der Waals surface area contributed by atoms with Crippen LogP contribution in [0.15, 0.2) is 30.3 Å². The largest absolute Gasteiger partial charge is 0.357 e. The van der Waals surface area contributed by atoms with Gasteiger partial charge in [-0.25, -0.2) is 0 Å². The zero-order chi connectivity index (χ0) is 11.7. The molecule has 2 aromatic rings. The molecule has 0 atom stereocenters. The van der Waals surface area contributed by atoms with Crippen LogP contribution in [-0.4, -0.2) is 16.5 Å². The van der Waals surface area contributed by atoms with Gasteiger partial charge in [-0.15, -0.1) is 23.5 Å². The number of nitrogens with one attached hydrogen (secondary N) is 1. The second-order valence-corrected chi connectivity index (χ2v) is 7.47. The Kier molecular flexibility index (Phi) is 3.14. The summed E-state index contributed by atoms with van der Waals surface area (Å²) < 4.78 is 0.261. The Morgan fingerprint density at radius 3 is 2.71 bits per heavy atom. The number of thioether (sulfide) groups is 2. The molecule has 0 bridgehead atoms. The van der Waals surface area contributed by atoms with Crippen LogP contribution in [0.4, 0.5) is 0 Å². The maximum Gasteiger partial charge on any atom is 0.101 e. The molecular formula is C14H17NS2. The third kappa shape index (κ3) is 2.00. The van der Waals surface area contributed by atoms with E-state index in [9.17, 15) is 0 Å². The van der Waals surface area contributed by atoms with E-state index in [1.165, 1.54) is 40.9 Å². The van der Waals surface area contributed by atoms with Crippen LogP contribution in [0.3, 0.4) is 0 Å². The van der Waals surface area contributed by atoms with E-state index < -0.39 is 0 Å². The molecule has 1 aromatic heterocycles. The minimum absolute atomic E-state index is 0.261. The van der Waals surface area contributed by atoms with E-state index in [0.29, 0.717) is 0 Å². The second-order valence-electron chi connectivity index (χ2n) is 4.43. The fraction of sp³-hybridized carbons (Fsp3) is 0.429. The Morgan fingerprint density at radius 1 is 1.24 bits per heavy atom. The van der Waals surface area contributed by atoms with E-state index in [-0.39, 0.29) is 4.08 Å². The van der Waals surface area contributed by atoms with Gasteiger partial charge in [-0.1, -0.05) is 25.1 Å². The van der Waals surface area contributed by atoms with Crippen molar-refractivity contribution in [1.29, 1.82) is 0 Å². The first kappa shape index (κ1) is 11.5. The summed E-state index contributed by atoms with van der Waals surface area (Å²) in [5, 5.41) is 1.34. The van der Waals surface area contributed by atoms with Crippen LogP contribution in [0.5, 0.6) is 0 Å². The highest BCUT2D eigenvalue weighted by Gasteiger charge is 2.35. The number of hydrogen-bond acceptors (Lipinski definition) is 2. The molecule has 0 aliphatic carbocycles. The first-order valence-corrected chi connectivity index (χ1v) is 8.17. The lowest BCUT2D eigenvalue weighted by Crippen LogP contribution is -2.22. The molecule has 2 heterocycles. The van der Waals surface area contributed by atoms with Crippen molar-refractivity contribution < 1.29 is 0 Å². The average Bonchev–Trinajstić information content (AvgIpc) is 2.84. The highest BCUT2D eigenvalue weighted by molar-refractivity contribution is 8.18. The topological polar surface area (TPSA) is 15.8 Å². The standard InChI is InChI=1S/C14H17NS2/c1-2-14(16-8-5-9-17-14)13-10-11-6-3-4-7-12(11)15-13/h3-4,6-7,10,15H,2,5,8-9H2,1H3. The maximum absolute atomic E-state index is 3.62. The first-order chi connectivity index (χ1) is 8.34. The molecule has 3 heteroatoms. The Hall–Kier alpha value is -0.540. The molecule has 3 rings (SSSR count). The predicted molar refractivity (Wildman–Crippen MR) is 79.8 cm³/mol. The lowest BCUT2D eigenvalue weighted by molar-refractivity contribution is 0.796. The molecule has 1 aliphatic rings. The van der Waals surface area contributed by atoms with Crippen LogP contribution in [0.1, 0.15) is 25.5 Å². The van der Waals surface area contributed by atoms with Gasteiger partial charge < -0.3 is 4.98 Å². The van der Waals surface area contributed by atoms with Gasteiger partial charge in [0.2, 0.25) is 0 Å². The van der Waals surface area contributed by atoms with Crippen LogP contribution >= 0.6 is 23.5 Å². The van der Waals surface area contributed by atoms with Crippen LogP contribution in [0.25, 0.3) is 10.9 Å². The van der Waals surface area contributed by atoms with Crippen molar-refractivity contribution in [2.24, 2.45) is 0 Å². The summed E-state index contributed by atoms with van der Waals surface area (Å²) in [5.74, 6) is 2.58. The zero-order valence-corrected chi connectivity index (χ0v) is 11.7. The quantitative estimate of drug-likeness (QED) is 0.852. The molecule has 1 nitrogen and oxygen atoms in total. The monoisotopic (exact) mass is 263 g/mol. The van der Waals surface area contributed by atoms with Gasteiger partial charge in [-0.05, 0) is 41.9 Å². The number of aromatic nitrogens is 1. The molecule has 1 saturated heterocycles. The van der Waals surface area contributed by atoms with E-state index in [1.807, 2.05) is 0 Å². The Labute approximate surface area is 111 Å². The molecule has 90 valence electrons. The second kappa shape index (κ2) is 4.62. The van der Waals surface area contributed by atoms with Gasteiger partial charge in [0.05, 0.1) is 0 Å². The van der Waals surface area contributed by atoms with Crippen molar-refractivity contribution in [2.75, 3.05) is 11.5 Å². The summed E-state index contributed by atoms with van der Waals surface area (Å²) in [6.45, 7) is 2.30. The summed E-state index contributed by atoms with van der Waals surface area (Å²) in [6, 6.07) is 10.9. The van der Waals surface area contributed by atoms with Crippen molar-refractivity contribution in [2.45, 2.75) is 23.8 Å². The van der Waals surface area contributed by atoms with E-state index in [0.717, 1.165) is 0 Å². The average molecular weight is 263 g/mol. The molecule has 1 fully saturated rings. The molecule has 0 amide bonds. The summed E-state index contributed by atoms with van der Waals surface area (Å²) in [7, 11) is 0. The molecular weight excluding hydrogens is 246 g/mol. The van der Waals surface area contributed by atoms with E-state index in [2.05, 4.69) is 65.8 Å².